The van der Waals surface area contributed by atoms with Gasteiger partial charge in [-0.2, -0.15) is 0 Å². The third-order valence-corrected chi connectivity index (χ3v) is 5.22. The molecule has 0 aliphatic rings. The normalized spacial score (nSPS) is 11.2. The van der Waals surface area contributed by atoms with Gasteiger partial charge in [-0.1, -0.05) is 23.9 Å². The first-order valence-electron chi connectivity index (χ1n) is 6.67. The molecule has 0 atom stereocenters. The molecule has 2 aromatic rings. The van der Waals surface area contributed by atoms with Gasteiger partial charge in [-0.05, 0) is 18.4 Å². The van der Waals surface area contributed by atoms with Crippen LogP contribution in [0.2, 0.25) is 0 Å². The molecule has 1 amide bonds. The zero-order valence-electron chi connectivity index (χ0n) is 13.4. The van der Waals surface area contributed by atoms with Crippen molar-refractivity contribution in [1.82, 2.24) is 19.1 Å². The topological polar surface area (TPSA) is 129 Å². The van der Waals surface area contributed by atoms with Gasteiger partial charge >= 0.3 is 17.7 Å². The number of methoxy groups -OCH3 is 1. The number of carbonyl (C=O) groups excluding carboxylic acids is 2. The smallest absolute Gasteiger partial charge is 0.360 e. The largest absolute Gasteiger partial charge is 0.465 e. The van der Waals surface area contributed by atoms with Gasteiger partial charge < -0.3 is 4.74 Å². The summed E-state index contributed by atoms with van der Waals surface area (Å²) < 4.78 is 32.6. The van der Waals surface area contributed by atoms with Crippen LogP contribution in [0.5, 0.6) is 0 Å². The van der Waals surface area contributed by atoms with E-state index in [1.165, 1.54) is 25.2 Å². The van der Waals surface area contributed by atoms with E-state index in [2.05, 4.69) is 9.84 Å². The first-order chi connectivity index (χ1) is 11.7. The molecule has 1 N–H and O–H groups in total. The summed E-state index contributed by atoms with van der Waals surface area (Å²) in [5, 5.41) is 3.97. The number of amides is 1. The van der Waals surface area contributed by atoms with Crippen LogP contribution in [0.3, 0.4) is 0 Å². The molecule has 2 rings (SSSR count). The summed E-state index contributed by atoms with van der Waals surface area (Å²) in [6.45, 7) is 0. The van der Waals surface area contributed by atoms with Gasteiger partial charge in [0.1, 0.15) is 4.90 Å². The molecule has 0 fully saturated rings. The van der Waals surface area contributed by atoms with Crippen molar-refractivity contribution in [3.8, 4) is 0 Å². The Morgan fingerprint density at radius 2 is 1.92 bits per heavy atom. The predicted octanol–water partition coefficient (Wildman–Crippen LogP) is 0.0369. The summed E-state index contributed by atoms with van der Waals surface area (Å²) in [5.74, 6) is -0.881. The fourth-order valence-corrected chi connectivity index (χ4v) is 3.56. The minimum atomic E-state index is -4.44. The number of esters is 1. The van der Waals surface area contributed by atoms with E-state index in [1.54, 1.807) is 11.0 Å². The van der Waals surface area contributed by atoms with Crippen molar-refractivity contribution in [2.24, 2.45) is 7.05 Å². The van der Waals surface area contributed by atoms with Gasteiger partial charge in [-0.3, -0.25) is 4.57 Å². The number of thioether (sulfide) groups is 1. The van der Waals surface area contributed by atoms with E-state index in [4.69, 9.17) is 0 Å². The molecule has 0 spiro atoms. The molecule has 1 heterocycles. The first kappa shape index (κ1) is 18.7. The quantitative estimate of drug-likeness (QED) is 0.576. The molecule has 0 bridgehead atoms. The summed E-state index contributed by atoms with van der Waals surface area (Å²) in [6, 6.07) is 3.94. The number of hydrogen-bond acceptors (Lipinski definition) is 8. The fourth-order valence-electron chi connectivity index (χ4n) is 1.92. The van der Waals surface area contributed by atoms with Crippen molar-refractivity contribution in [1.29, 1.82) is 0 Å². The Hall–Kier alpha value is -2.60. The molecular weight excluding hydrogens is 372 g/mol. The lowest BCUT2D eigenvalue weighted by Crippen LogP contribution is -2.40. The van der Waals surface area contributed by atoms with Gasteiger partial charge in [-0.15, -0.1) is 9.78 Å². The number of aromatic nitrogens is 3. The molecule has 1 aromatic carbocycles. The monoisotopic (exact) mass is 386 g/mol. The molecule has 0 radical (unpaired) electrons. The molecule has 0 saturated carbocycles. The number of rotatable bonds is 4. The number of ether oxygens (including phenoxy) is 1. The highest BCUT2D eigenvalue weighted by Gasteiger charge is 2.27. The Kier molecular flexibility index (Phi) is 5.33. The van der Waals surface area contributed by atoms with E-state index in [0.717, 1.165) is 29.5 Å². The number of hydrogen-bond donors (Lipinski definition) is 1. The van der Waals surface area contributed by atoms with Gasteiger partial charge in [0.05, 0.1) is 12.7 Å². The fraction of sp³-hybridized carbons (Fsp3) is 0.231. The molecule has 0 aliphatic heterocycles. The minimum absolute atomic E-state index is 0.229. The molecular formula is C13H14N4O6S2. The van der Waals surface area contributed by atoms with E-state index in [9.17, 15) is 22.8 Å². The van der Waals surface area contributed by atoms with Crippen LogP contribution < -0.4 is 10.4 Å². The highest BCUT2D eigenvalue weighted by atomic mass is 32.2. The SMILES string of the molecule is COC(=O)c1ccccc1S(=O)(=O)NC(=O)n1nc(SC)n(C)c1=O. The summed E-state index contributed by atoms with van der Waals surface area (Å²) in [7, 11) is -1.94. The lowest BCUT2D eigenvalue weighted by atomic mass is 10.2. The van der Waals surface area contributed by atoms with Crippen LogP contribution in [0.25, 0.3) is 0 Å². The van der Waals surface area contributed by atoms with Crippen LogP contribution in [-0.4, -0.2) is 48.1 Å². The van der Waals surface area contributed by atoms with Crippen molar-refractivity contribution in [3.05, 3.63) is 40.3 Å². The first-order valence-corrected chi connectivity index (χ1v) is 9.38. The lowest BCUT2D eigenvalue weighted by Gasteiger charge is -2.09. The third kappa shape index (κ3) is 3.58. The van der Waals surface area contributed by atoms with Crippen molar-refractivity contribution >= 4 is 33.8 Å². The van der Waals surface area contributed by atoms with Crippen LogP contribution in [0.4, 0.5) is 4.79 Å². The van der Waals surface area contributed by atoms with Crippen LogP contribution in [-0.2, 0) is 21.8 Å². The van der Waals surface area contributed by atoms with Gasteiger partial charge in [-0.25, -0.2) is 27.5 Å². The molecule has 134 valence electrons. The average Bonchev–Trinajstić information content (AvgIpc) is 2.88. The molecule has 0 unspecified atom stereocenters. The van der Waals surface area contributed by atoms with E-state index in [-0.39, 0.29) is 10.7 Å². The van der Waals surface area contributed by atoms with Crippen molar-refractivity contribution in [2.75, 3.05) is 13.4 Å². The summed E-state index contributed by atoms with van der Waals surface area (Å²) in [5.41, 5.74) is -1.05. The van der Waals surface area contributed by atoms with Crippen molar-refractivity contribution in [3.63, 3.8) is 0 Å². The zero-order valence-corrected chi connectivity index (χ0v) is 15.1. The average molecular weight is 386 g/mol. The van der Waals surface area contributed by atoms with Crippen LogP contribution in [0, 0.1) is 0 Å². The Bertz CT molecular complexity index is 992. The van der Waals surface area contributed by atoms with Gasteiger partial charge in [0.15, 0.2) is 5.16 Å². The van der Waals surface area contributed by atoms with Crippen molar-refractivity contribution < 1.29 is 22.7 Å². The Balaban J connectivity index is 2.42. The number of benzene rings is 1. The minimum Gasteiger partial charge on any atom is -0.465 e. The number of carbonyl (C=O) groups is 2. The maximum absolute atomic E-state index is 12.4. The second kappa shape index (κ2) is 7.11. The molecule has 25 heavy (non-hydrogen) atoms. The second-order valence-electron chi connectivity index (χ2n) is 4.64. The summed E-state index contributed by atoms with van der Waals surface area (Å²) in [4.78, 5) is 35.4. The zero-order chi connectivity index (χ0) is 18.8. The Morgan fingerprint density at radius 1 is 1.28 bits per heavy atom. The standard InChI is InChI=1S/C13H14N4O6S2/c1-16-12(24-3)14-17(13(16)20)11(19)15-25(21,22)9-7-5-4-6-8(9)10(18)23-2/h4-7H,1-3H3,(H,15,19). The second-order valence-corrected chi connectivity index (χ2v) is 7.06. The molecule has 10 nitrogen and oxygen atoms in total. The number of nitrogens with zero attached hydrogens (tertiary/aromatic N) is 3. The van der Waals surface area contributed by atoms with Crippen molar-refractivity contribution in [2.45, 2.75) is 10.1 Å². The van der Waals surface area contributed by atoms with E-state index in [0.29, 0.717) is 4.68 Å². The van der Waals surface area contributed by atoms with Gasteiger partial charge in [0.25, 0.3) is 10.0 Å². The van der Waals surface area contributed by atoms with Crippen LogP contribution in [0.1, 0.15) is 10.4 Å². The van der Waals surface area contributed by atoms with E-state index >= 15 is 0 Å². The lowest BCUT2D eigenvalue weighted by molar-refractivity contribution is 0.0596. The Labute approximate surface area is 146 Å². The number of nitrogens with one attached hydrogen (secondary N) is 1. The molecule has 0 aliphatic carbocycles. The van der Waals surface area contributed by atoms with Crippen LogP contribution in [0.15, 0.2) is 39.1 Å². The highest BCUT2D eigenvalue weighted by Crippen LogP contribution is 2.16. The number of sulfonamides is 1. The predicted molar refractivity (Wildman–Crippen MR) is 88.1 cm³/mol. The molecule has 0 saturated heterocycles. The Morgan fingerprint density at radius 3 is 2.48 bits per heavy atom. The van der Waals surface area contributed by atoms with E-state index < -0.39 is 32.6 Å². The maximum Gasteiger partial charge on any atom is 0.360 e. The van der Waals surface area contributed by atoms with Gasteiger partial charge in [0, 0.05) is 7.05 Å². The maximum atomic E-state index is 12.4. The summed E-state index contributed by atoms with van der Waals surface area (Å²) >= 11 is 1.11. The van der Waals surface area contributed by atoms with Gasteiger partial charge in [0.2, 0.25) is 0 Å². The van der Waals surface area contributed by atoms with Crippen LogP contribution >= 0.6 is 11.8 Å². The molecule has 12 heteroatoms. The molecule has 1 aromatic heterocycles. The van der Waals surface area contributed by atoms with E-state index in [1.807, 2.05) is 0 Å². The summed E-state index contributed by atoms with van der Waals surface area (Å²) in [6.07, 6.45) is 1.65. The third-order valence-electron chi connectivity index (χ3n) is 3.12. The highest BCUT2D eigenvalue weighted by molar-refractivity contribution is 7.98.